The molecule has 2 aromatic carbocycles. The minimum absolute atomic E-state index is 0.131. The highest BCUT2D eigenvalue weighted by molar-refractivity contribution is 8.76. The van der Waals surface area contributed by atoms with Gasteiger partial charge in [-0.05, 0) is 44.9 Å². The van der Waals surface area contributed by atoms with Crippen LogP contribution in [0.3, 0.4) is 0 Å². The van der Waals surface area contributed by atoms with Gasteiger partial charge in [0.2, 0.25) is 0 Å². The van der Waals surface area contributed by atoms with Crippen molar-refractivity contribution in [2.75, 3.05) is 0 Å². The molecule has 0 aromatic heterocycles. The normalized spacial score (nSPS) is 13.5. The van der Waals surface area contributed by atoms with Gasteiger partial charge in [0.1, 0.15) is 11.5 Å². The average Bonchev–Trinajstić information content (AvgIpc) is 2.55. The van der Waals surface area contributed by atoms with E-state index < -0.39 is 0 Å². The summed E-state index contributed by atoms with van der Waals surface area (Å²) in [4.78, 5) is 2.12. The van der Waals surface area contributed by atoms with E-state index in [1.165, 1.54) is 0 Å². The second kappa shape index (κ2) is 8.83. The largest absolute Gasteiger partial charge is 0.507 e. The summed E-state index contributed by atoms with van der Waals surface area (Å²) < 4.78 is 0. The highest BCUT2D eigenvalue weighted by Crippen LogP contribution is 2.51. The van der Waals surface area contributed by atoms with Crippen molar-refractivity contribution in [1.82, 2.24) is 0 Å². The maximum Gasteiger partial charge on any atom is 0.124 e. The van der Waals surface area contributed by atoms with E-state index in [9.17, 15) is 10.2 Å². The summed E-state index contributed by atoms with van der Waals surface area (Å²) in [6, 6.07) is 8.38. The monoisotopic (exact) mass is 474 g/mol. The van der Waals surface area contributed by atoms with E-state index in [1.54, 1.807) is 21.6 Å². The molecule has 0 atom stereocenters. The van der Waals surface area contributed by atoms with Crippen molar-refractivity contribution in [1.29, 1.82) is 0 Å². The van der Waals surface area contributed by atoms with Crippen LogP contribution >= 0.6 is 21.6 Å². The molecule has 0 aliphatic carbocycles. The van der Waals surface area contributed by atoms with Crippen LogP contribution < -0.4 is 0 Å². The number of phenolic OH excluding ortho intramolecular Hbond substituents is 2. The highest BCUT2D eigenvalue weighted by atomic mass is 33.1. The summed E-state index contributed by atoms with van der Waals surface area (Å²) in [5, 5.41) is 22.5. The zero-order chi connectivity index (χ0) is 24.9. The highest BCUT2D eigenvalue weighted by Gasteiger charge is 2.31. The molecule has 0 saturated heterocycles. The summed E-state index contributed by atoms with van der Waals surface area (Å²) in [5.41, 5.74) is 3.26. The van der Waals surface area contributed by atoms with Gasteiger partial charge in [0.05, 0.1) is 0 Å². The van der Waals surface area contributed by atoms with E-state index in [4.69, 9.17) is 0 Å². The molecule has 0 spiro atoms. The molecule has 0 saturated carbocycles. The molecule has 0 aliphatic heterocycles. The molecule has 0 aliphatic rings. The van der Waals surface area contributed by atoms with Crippen LogP contribution in [0.2, 0.25) is 0 Å². The molecule has 0 heterocycles. The summed E-state index contributed by atoms with van der Waals surface area (Å²) in [6.07, 6.45) is 0. The number of aromatic hydroxyl groups is 2. The SMILES string of the molecule is CC(C)(C)c1ccc(SSc2ccc(C(C)(C)C)c(O)c2C(C)(C)C)c(C(C)(C)C)c1O. The molecule has 0 fully saturated rings. The lowest BCUT2D eigenvalue weighted by Gasteiger charge is -2.30. The Hall–Kier alpha value is -1.26. The number of hydrogen-bond donors (Lipinski definition) is 2. The first-order chi connectivity index (χ1) is 14.3. The fourth-order valence-electron chi connectivity index (χ4n) is 4.03. The Bertz CT molecular complexity index is 897. The van der Waals surface area contributed by atoms with Crippen LogP contribution in [0.25, 0.3) is 0 Å². The van der Waals surface area contributed by atoms with Crippen LogP contribution in [0.15, 0.2) is 34.1 Å². The van der Waals surface area contributed by atoms with E-state index in [0.717, 1.165) is 32.0 Å². The predicted molar refractivity (Wildman–Crippen MR) is 143 cm³/mol. The molecule has 32 heavy (non-hydrogen) atoms. The second-order valence-corrected chi connectivity index (χ2v) is 15.0. The third-order valence-corrected chi connectivity index (χ3v) is 8.07. The first-order valence-corrected chi connectivity index (χ1v) is 13.5. The van der Waals surface area contributed by atoms with Crippen LogP contribution in [0.1, 0.15) is 105 Å². The average molecular weight is 475 g/mol. The van der Waals surface area contributed by atoms with Crippen LogP contribution in [0.4, 0.5) is 0 Å². The summed E-state index contributed by atoms with van der Waals surface area (Å²) in [5.74, 6) is 0.801. The van der Waals surface area contributed by atoms with Crippen molar-refractivity contribution in [3.8, 4) is 11.5 Å². The van der Waals surface area contributed by atoms with Crippen LogP contribution in [-0.4, -0.2) is 10.2 Å². The second-order valence-electron chi connectivity index (χ2n) is 12.8. The maximum atomic E-state index is 11.2. The summed E-state index contributed by atoms with van der Waals surface area (Å²) >= 11 is 0. The maximum absolute atomic E-state index is 11.2. The van der Waals surface area contributed by atoms with Crippen LogP contribution in [-0.2, 0) is 21.7 Å². The molecule has 2 rings (SSSR count). The number of phenols is 2. The Kier molecular flexibility index (Phi) is 7.45. The van der Waals surface area contributed by atoms with Crippen molar-refractivity contribution < 1.29 is 10.2 Å². The van der Waals surface area contributed by atoms with Crippen molar-refractivity contribution in [3.05, 3.63) is 46.5 Å². The van der Waals surface area contributed by atoms with E-state index in [-0.39, 0.29) is 21.7 Å². The van der Waals surface area contributed by atoms with Gasteiger partial charge in [-0.1, -0.05) is 117 Å². The van der Waals surface area contributed by atoms with E-state index in [0.29, 0.717) is 11.5 Å². The topological polar surface area (TPSA) is 40.5 Å². The fraction of sp³-hybridized carbons (Fsp3) is 0.571. The summed E-state index contributed by atoms with van der Waals surface area (Å²) in [7, 11) is 3.32. The number of hydrogen-bond acceptors (Lipinski definition) is 4. The molecular weight excluding hydrogens is 432 g/mol. The van der Waals surface area contributed by atoms with Gasteiger partial charge in [0.15, 0.2) is 0 Å². The zero-order valence-electron chi connectivity index (χ0n) is 22.0. The molecule has 0 unspecified atom stereocenters. The Morgan fingerprint density at radius 1 is 0.469 bits per heavy atom. The Morgan fingerprint density at radius 2 is 0.750 bits per heavy atom. The number of benzene rings is 2. The molecule has 0 bridgehead atoms. The molecule has 4 heteroatoms. The lowest BCUT2D eigenvalue weighted by molar-refractivity contribution is 0.418. The van der Waals surface area contributed by atoms with Gasteiger partial charge in [0.25, 0.3) is 0 Å². The van der Waals surface area contributed by atoms with Gasteiger partial charge < -0.3 is 10.2 Å². The van der Waals surface area contributed by atoms with Gasteiger partial charge >= 0.3 is 0 Å². The minimum Gasteiger partial charge on any atom is -0.507 e. The van der Waals surface area contributed by atoms with E-state index in [1.807, 2.05) is 0 Å². The smallest absolute Gasteiger partial charge is 0.124 e. The Balaban J connectivity index is 2.58. The molecule has 2 nitrogen and oxygen atoms in total. The molecule has 2 aromatic rings. The van der Waals surface area contributed by atoms with Gasteiger partial charge in [0, 0.05) is 20.9 Å². The van der Waals surface area contributed by atoms with Crippen molar-refractivity contribution >= 4 is 21.6 Å². The van der Waals surface area contributed by atoms with Gasteiger partial charge in [-0.3, -0.25) is 0 Å². The Labute approximate surface area is 204 Å². The lowest BCUT2D eigenvalue weighted by Crippen LogP contribution is -2.18. The van der Waals surface area contributed by atoms with Gasteiger partial charge in [-0.15, -0.1) is 0 Å². The predicted octanol–water partition coefficient (Wildman–Crippen LogP) is 9.09. The van der Waals surface area contributed by atoms with Crippen molar-refractivity contribution in [3.63, 3.8) is 0 Å². The fourth-order valence-corrected chi connectivity index (χ4v) is 6.81. The van der Waals surface area contributed by atoms with Crippen LogP contribution in [0, 0.1) is 0 Å². The molecule has 0 amide bonds. The molecule has 0 radical (unpaired) electrons. The number of rotatable bonds is 3. The van der Waals surface area contributed by atoms with Crippen molar-refractivity contribution in [2.24, 2.45) is 0 Å². The third-order valence-electron chi connectivity index (χ3n) is 5.62. The van der Waals surface area contributed by atoms with E-state index in [2.05, 4.69) is 107 Å². The van der Waals surface area contributed by atoms with Gasteiger partial charge in [-0.2, -0.15) is 0 Å². The molecular formula is C28H42O2S2. The third kappa shape index (κ3) is 5.80. The van der Waals surface area contributed by atoms with Crippen LogP contribution in [0.5, 0.6) is 11.5 Å². The minimum atomic E-state index is -0.195. The lowest BCUT2D eigenvalue weighted by atomic mass is 9.79. The molecule has 2 N–H and O–H groups in total. The summed E-state index contributed by atoms with van der Waals surface area (Å²) in [6.45, 7) is 25.7. The van der Waals surface area contributed by atoms with E-state index >= 15 is 0 Å². The zero-order valence-corrected chi connectivity index (χ0v) is 23.7. The van der Waals surface area contributed by atoms with Gasteiger partial charge in [-0.25, -0.2) is 0 Å². The Morgan fingerprint density at radius 3 is 0.969 bits per heavy atom. The first-order valence-electron chi connectivity index (χ1n) is 11.3. The standard InChI is InChI=1S/C28H42O2S2/c1-25(2,3)17-13-15-19(21(23(17)29)27(7,8)9)31-32-20-16-14-18(26(4,5)6)24(30)22(20)28(10,11)12/h13-16,29-30H,1-12H3. The quantitative estimate of drug-likeness (QED) is 0.435. The first kappa shape index (κ1) is 27.0. The van der Waals surface area contributed by atoms with Crippen molar-refractivity contribution in [2.45, 2.75) is 115 Å². The molecule has 178 valence electrons.